The Morgan fingerprint density at radius 1 is 1.23 bits per heavy atom. The Labute approximate surface area is 200 Å². The molecule has 1 atom stereocenters. The fourth-order valence-electron chi connectivity index (χ4n) is 2.91. The van der Waals surface area contributed by atoms with E-state index in [1.807, 2.05) is 19.1 Å². The van der Waals surface area contributed by atoms with Gasteiger partial charge in [0.15, 0.2) is 5.96 Å². The van der Waals surface area contributed by atoms with E-state index in [1.54, 1.807) is 12.1 Å². The Morgan fingerprint density at radius 3 is 2.65 bits per heavy atom. The summed E-state index contributed by atoms with van der Waals surface area (Å²) in [4.78, 5) is 27.2. The first-order valence-electron chi connectivity index (χ1n) is 10.5. The lowest BCUT2D eigenvalue weighted by Crippen LogP contribution is -2.38. The van der Waals surface area contributed by atoms with E-state index in [0.29, 0.717) is 25.3 Å². The molecule has 31 heavy (non-hydrogen) atoms. The number of rotatable bonds is 12. The van der Waals surface area contributed by atoms with Gasteiger partial charge in [-0.2, -0.15) is 0 Å². The van der Waals surface area contributed by atoms with Gasteiger partial charge in [-0.05, 0) is 43.9 Å². The number of hydrogen-bond donors (Lipinski definition) is 4. The largest absolute Gasteiger partial charge is 0.379 e. The highest BCUT2D eigenvalue weighted by Crippen LogP contribution is 2.11. The van der Waals surface area contributed by atoms with E-state index in [2.05, 4.69) is 20.9 Å². The maximum Gasteiger partial charge on any atom is 0.251 e. The Morgan fingerprint density at radius 2 is 2.00 bits per heavy atom. The number of carbonyl (C=O) groups excluding carboxylic acids is 2. The number of aliphatic imine (C=N–C) groups is 1. The first kappa shape index (κ1) is 27.1. The van der Waals surface area contributed by atoms with Gasteiger partial charge < -0.3 is 31.2 Å². The van der Waals surface area contributed by atoms with Gasteiger partial charge >= 0.3 is 0 Å². The van der Waals surface area contributed by atoms with Crippen LogP contribution in [0.3, 0.4) is 0 Å². The maximum absolute atomic E-state index is 11.9. The second-order valence-corrected chi connectivity index (χ2v) is 7.03. The first-order valence-corrected chi connectivity index (χ1v) is 10.5. The predicted molar refractivity (Wildman–Crippen MR) is 131 cm³/mol. The van der Waals surface area contributed by atoms with E-state index in [4.69, 9.17) is 15.2 Å². The number of ether oxygens (including phenoxy) is 2. The van der Waals surface area contributed by atoms with Crippen molar-refractivity contribution in [3.05, 3.63) is 35.4 Å². The lowest BCUT2D eigenvalue weighted by molar-refractivity contribution is -0.117. The lowest BCUT2D eigenvalue weighted by Gasteiger charge is -2.12. The van der Waals surface area contributed by atoms with Gasteiger partial charge in [0.1, 0.15) is 0 Å². The minimum atomic E-state index is -0.577. The average Bonchev–Trinajstić information content (AvgIpc) is 3.26. The molecule has 2 rings (SSSR count). The van der Waals surface area contributed by atoms with Crippen LogP contribution in [0, 0.1) is 0 Å². The van der Waals surface area contributed by atoms with Crippen molar-refractivity contribution in [2.75, 3.05) is 39.5 Å². The number of nitrogens with two attached hydrogens (primary N) is 1. The second-order valence-electron chi connectivity index (χ2n) is 7.03. The molecule has 0 bridgehead atoms. The normalized spacial score (nSPS) is 15.8. The van der Waals surface area contributed by atoms with Gasteiger partial charge in [-0.1, -0.05) is 12.1 Å². The second kappa shape index (κ2) is 15.8. The standard InChI is InChI=1S/C21H33N5O4.HI/c1-2-23-21(24-10-4-11-29-15-18-5-3-12-30-18)26-13-16-6-8-17(9-7-16)20(28)25-14-19(22)27;/h6-9,18H,2-5,10-15H2,1H3,(H2,22,27)(H,25,28)(H2,23,24,26);1H. The van der Waals surface area contributed by atoms with Crippen molar-refractivity contribution >= 4 is 41.8 Å². The van der Waals surface area contributed by atoms with Crippen LogP contribution in [0.15, 0.2) is 29.3 Å². The van der Waals surface area contributed by atoms with Crippen molar-refractivity contribution in [1.82, 2.24) is 16.0 Å². The molecule has 0 aromatic heterocycles. The summed E-state index contributed by atoms with van der Waals surface area (Å²) in [5.74, 6) is -0.173. The number of guanidine groups is 1. The van der Waals surface area contributed by atoms with Crippen molar-refractivity contribution in [2.45, 2.75) is 38.8 Å². The van der Waals surface area contributed by atoms with Gasteiger partial charge in [-0.3, -0.25) is 9.59 Å². The highest BCUT2D eigenvalue weighted by molar-refractivity contribution is 14.0. The fraction of sp³-hybridized carbons (Fsp3) is 0.571. The molecule has 2 amide bonds. The number of amides is 2. The molecule has 1 aliphatic heterocycles. The predicted octanol–water partition coefficient (Wildman–Crippen LogP) is 1.16. The molecule has 1 aromatic carbocycles. The number of carbonyl (C=O) groups is 2. The Balaban J connectivity index is 0.00000480. The molecule has 0 saturated carbocycles. The zero-order valence-electron chi connectivity index (χ0n) is 18.0. The molecule has 1 saturated heterocycles. The van der Waals surface area contributed by atoms with Crippen LogP contribution < -0.4 is 21.7 Å². The summed E-state index contributed by atoms with van der Waals surface area (Å²) >= 11 is 0. The summed E-state index contributed by atoms with van der Waals surface area (Å²) in [6.07, 6.45) is 3.36. The molecule has 5 N–H and O–H groups in total. The van der Waals surface area contributed by atoms with Gasteiger partial charge in [0.25, 0.3) is 5.91 Å². The molecular formula is C21H34IN5O4. The third-order valence-corrected chi connectivity index (χ3v) is 4.49. The summed E-state index contributed by atoms with van der Waals surface area (Å²) in [6, 6.07) is 7.08. The fourth-order valence-corrected chi connectivity index (χ4v) is 2.91. The molecule has 0 aliphatic carbocycles. The molecule has 1 aromatic rings. The minimum absolute atomic E-state index is 0. The molecule has 10 heteroatoms. The quantitative estimate of drug-likeness (QED) is 0.135. The van der Waals surface area contributed by atoms with Crippen molar-refractivity contribution in [1.29, 1.82) is 0 Å². The number of benzene rings is 1. The minimum Gasteiger partial charge on any atom is -0.379 e. The molecule has 174 valence electrons. The van der Waals surface area contributed by atoms with Crippen molar-refractivity contribution in [3.8, 4) is 0 Å². The highest BCUT2D eigenvalue weighted by atomic mass is 127. The zero-order valence-corrected chi connectivity index (χ0v) is 20.4. The molecule has 1 heterocycles. The summed E-state index contributed by atoms with van der Waals surface area (Å²) in [5.41, 5.74) is 6.47. The average molecular weight is 547 g/mol. The third kappa shape index (κ3) is 11.3. The van der Waals surface area contributed by atoms with Gasteiger partial charge in [0, 0.05) is 31.9 Å². The van der Waals surface area contributed by atoms with Crippen LogP contribution in [0.2, 0.25) is 0 Å². The van der Waals surface area contributed by atoms with E-state index in [-0.39, 0.29) is 42.5 Å². The van der Waals surface area contributed by atoms with Crippen LogP contribution in [0.5, 0.6) is 0 Å². The smallest absolute Gasteiger partial charge is 0.251 e. The number of halogens is 1. The summed E-state index contributed by atoms with van der Waals surface area (Å²) in [7, 11) is 0. The molecular weight excluding hydrogens is 513 g/mol. The van der Waals surface area contributed by atoms with Crippen LogP contribution >= 0.6 is 24.0 Å². The maximum atomic E-state index is 11.9. The van der Waals surface area contributed by atoms with E-state index in [9.17, 15) is 9.59 Å². The monoisotopic (exact) mass is 547 g/mol. The van der Waals surface area contributed by atoms with Crippen LogP contribution in [0.4, 0.5) is 0 Å². The van der Waals surface area contributed by atoms with Crippen molar-refractivity contribution in [2.24, 2.45) is 10.7 Å². The van der Waals surface area contributed by atoms with Crippen molar-refractivity contribution < 1.29 is 19.1 Å². The Bertz CT molecular complexity index is 694. The Kier molecular flexibility index (Phi) is 13.8. The van der Waals surface area contributed by atoms with Crippen LogP contribution in [-0.2, 0) is 20.8 Å². The van der Waals surface area contributed by atoms with E-state index in [1.165, 1.54) is 0 Å². The summed E-state index contributed by atoms with van der Waals surface area (Å²) in [6.45, 7) is 6.05. The third-order valence-electron chi connectivity index (χ3n) is 4.49. The zero-order chi connectivity index (χ0) is 21.6. The number of hydrogen-bond acceptors (Lipinski definition) is 5. The molecule has 0 spiro atoms. The Hall–Kier alpha value is -1.92. The highest BCUT2D eigenvalue weighted by Gasteiger charge is 2.14. The number of nitrogens with zero attached hydrogens (tertiary/aromatic N) is 1. The molecule has 9 nitrogen and oxygen atoms in total. The van der Waals surface area contributed by atoms with Gasteiger partial charge in [-0.25, -0.2) is 4.99 Å². The number of primary amides is 1. The number of nitrogens with one attached hydrogen (secondary N) is 3. The molecule has 1 fully saturated rings. The van der Waals surface area contributed by atoms with Crippen LogP contribution in [0.1, 0.15) is 42.1 Å². The topological polar surface area (TPSA) is 127 Å². The van der Waals surface area contributed by atoms with Gasteiger partial charge in [-0.15, -0.1) is 24.0 Å². The summed E-state index contributed by atoms with van der Waals surface area (Å²) in [5, 5.41) is 8.97. The molecule has 1 unspecified atom stereocenters. The molecule has 0 radical (unpaired) electrons. The van der Waals surface area contributed by atoms with Crippen LogP contribution in [0.25, 0.3) is 0 Å². The van der Waals surface area contributed by atoms with E-state index >= 15 is 0 Å². The van der Waals surface area contributed by atoms with Crippen molar-refractivity contribution in [3.63, 3.8) is 0 Å². The SMILES string of the molecule is CCNC(=NCc1ccc(C(=O)NCC(N)=O)cc1)NCCCOCC1CCCO1.I. The van der Waals surface area contributed by atoms with Gasteiger partial charge in [0.05, 0.1) is 25.8 Å². The van der Waals surface area contributed by atoms with E-state index in [0.717, 1.165) is 50.5 Å². The lowest BCUT2D eigenvalue weighted by atomic mass is 10.1. The van der Waals surface area contributed by atoms with Gasteiger partial charge in [0.2, 0.25) is 5.91 Å². The van der Waals surface area contributed by atoms with Crippen LogP contribution in [-0.4, -0.2) is 63.3 Å². The summed E-state index contributed by atoms with van der Waals surface area (Å²) < 4.78 is 11.2. The first-order chi connectivity index (χ1) is 14.6. The van der Waals surface area contributed by atoms with E-state index < -0.39 is 5.91 Å². The molecule has 1 aliphatic rings.